The molecule has 2 saturated carbocycles. The van der Waals surface area contributed by atoms with Gasteiger partial charge in [-0.3, -0.25) is 0 Å². The molecule has 3 rings (SSSR count). The van der Waals surface area contributed by atoms with Crippen molar-refractivity contribution < 1.29 is 4.74 Å². The fourth-order valence-corrected chi connectivity index (χ4v) is 5.07. The first-order valence-corrected chi connectivity index (χ1v) is 8.55. The second kappa shape index (κ2) is 5.37. The highest BCUT2D eigenvalue weighted by Crippen LogP contribution is 2.47. The molecule has 19 heavy (non-hydrogen) atoms. The Balaban J connectivity index is 1.70. The minimum absolute atomic E-state index is 0.117. The zero-order valence-corrected chi connectivity index (χ0v) is 12.6. The SMILES string of the molecule is CC1CCCC(N)(C2CCOC3(CCCCC3)C2)C1. The van der Waals surface area contributed by atoms with Crippen molar-refractivity contribution in [2.24, 2.45) is 17.6 Å². The summed E-state index contributed by atoms with van der Waals surface area (Å²) in [6.07, 6.45) is 14.4. The Kier molecular flexibility index (Phi) is 3.92. The second-order valence-electron chi connectivity index (χ2n) is 7.72. The van der Waals surface area contributed by atoms with E-state index < -0.39 is 0 Å². The zero-order chi connectivity index (χ0) is 13.3. The van der Waals surface area contributed by atoms with E-state index in [1.54, 1.807) is 0 Å². The van der Waals surface area contributed by atoms with E-state index in [-0.39, 0.29) is 11.1 Å². The van der Waals surface area contributed by atoms with E-state index in [0.29, 0.717) is 5.92 Å². The molecule has 2 aliphatic carbocycles. The van der Waals surface area contributed by atoms with Gasteiger partial charge in [-0.25, -0.2) is 0 Å². The first-order valence-electron chi connectivity index (χ1n) is 8.55. The molecule has 1 saturated heterocycles. The minimum Gasteiger partial charge on any atom is -0.375 e. The Labute approximate surface area is 118 Å². The number of rotatable bonds is 1. The maximum absolute atomic E-state index is 6.86. The summed E-state index contributed by atoms with van der Waals surface area (Å²) in [4.78, 5) is 0. The van der Waals surface area contributed by atoms with Crippen molar-refractivity contribution in [1.82, 2.24) is 0 Å². The predicted molar refractivity (Wildman–Crippen MR) is 79.0 cm³/mol. The van der Waals surface area contributed by atoms with Crippen molar-refractivity contribution in [3.63, 3.8) is 0 Å². The van der Waals surface area contributed by atoms with E-state index in [1.165, 1.54) is 70.6 Å². The molecule has 1 spiro atoms. The molecule has 0 aromatic rings. The highest BCUT2D eigenvalue weighted by atomic mass is 16.5. The van der Waals surface area contributed by atoms with Gasteiger partial charge in [-0.15, -0.1) is 0 Å². The molecule has 3 unspecified atom stereocenters. The fourth-order valence-electron chi connectivity index (χ4n) is 5.07. The Morgan fingerprint density at radius 2 is 1.74 bits per heavy atom. The van der Waals surface area contributed by atoms with Gasteiger partial charge in [0.1, 0.15) is 0 Å². The third-order valence-electron chi connectivity index (χ3n) is 6.14. The highest BCUT2D eigenvalue weighted by Gasteiger charge is 2.46. The van der Waals surface area contributed by atoms with E-state index in [9.17, 15) is 0 Å². The molecule has 0 amide bonds. The van der Waals surface area contributed by atoms with Crippen molar-refractivity contribution in [2.45, 2.75) is 88.7 Å². The van der Waals surface area contributed by atoms with Crippen LogP contribution in [0.25, 0.3) is 0 Å². The molecule has 0 aromatic heterocycles. The summed E-state index contributed by atoms with van der Waals surface area (Å²) in [5, 5.41) is 0. The van der Waals surface area contributed by atoms with Gasteiger partial charge in [0.25, 0.3) is 0 Å². The van der Waals surface area contributed by atoms with Gasteiger partial charge in [-0.2, -0.15) is 0 Å². The smallest absolute Gasteiger partial charge is 0.0685 e. The van der Waals surface area contributed by atoms with Crippen LogP contribution >= 0.6 is 0 Å². The summed E-state index contributed by atoms with van der Waals surface area (Å²) in [7, 11) is 0. The second-order valence-corrected chi connectivity index (χ2v) is 7.72. The zero-order valence-electron chi connectivity index (χ0n) is 12.6. The van der Waals surface area contributed by atoms with Crippen LogP contribution in [0.15, 0.2) is 0 Å². The van der Waals surface area contributed by atoms with E-state index in [4.69, 9.17) is 10.5 Å². The Morgan fingerprint density at radius 3 is 2.47 bits per heavy atom. The van der Waals surface area contributed by atoms with Gasteiger partial charge in [-0.05, 0) is 50.4 Å². The minimum atomic E-state index is 0.117. The lowest BCUT2D eigenvalue weighted by molar-refractivity contribution is -0.131. The van der Waals surface area contributed by atoms with Crippen LogP contribution in [0.4, 0.5) is 0 Å². The van der Waals surface area contributed by atoms with E-state index >= 15 is 0 Å². The Morgan fingerprint density at radius 1 is 0.947 bits per heavy atom. The molecule has 110 valence electrons. The van der Waals surface area contributed by atoms with E-state index in [1.807, 2.05) is 0 Å². The molecule has 2 nitrogen and oxygen atoms in total. The lowest BCUT2D eigenvalue weighted by atomic mass is 9.64. The maximum atomic E-state index is 6.86. The number of nitrogens with two attached hydrogens (primary N) is 1. The summed E-state index contributed by atoms with van der Waals surface area (Å²) in [5.41, 5.74) is 7.19. The van der Waals surface area contributed by atoms with Gasteiger partial charge in [0.05, 0.1) is 5.60 Å². The van der Waals surface area contributed by atoms with Crippen LogP contribution in [0.5, 0.6) is 0 Å². The van der Waals surface area contributed by atoms with Crippen molar-refractivity contribution in [3.05, 3.63) is 0 Å². The number of hydrogen-bond acceptors (Lipinski definition) is 2. The van der Waals surface area contributed by atoms with Crippen LogP contribution in [0.3, 0.4) is 0 Å². The first-order chi connectivity index (χ1) is 9.12. The topological polar surface area (TPSA) is 35.2 Å². The first kappa shape index (κ1) is 13.9. The van der Waals surface area contributed by atoms with Crippen molar-refractivity contribution in [3.8, 4) is 0 Å². The van der Waals surface area contributed by atoms with Crippen LogP contribution in [0.2, 0.25) is 0 Å². The lowest BCUT2D eigenvalue weighted by Gasteiger charge is -2.51. The third kappa shape index (κ3) is 2.85. The van der Waals surface area contributed by atoms with Crippen LogP contribution in [-0.4, -0.2) is 17.7 Å². The van der Waals surface area contributed by atoms with Crippen molar-refractivity contribution in [2.75, 3.05) is 6.61 Å². The van der Waals surface area contributed by atoms with Gasteiger partial charge in [-0.1, -0.05) is 39.0 Å². The Hall–Kier alpha value is -0.0800. The average Bonchev–Trinajstić information content (AvgIpc) is 2.39. The monoisotopic (exact) mass is 265 g/mol. The molecule has 2 heteroatoms. The molecule has 3 fully saturated rings. The van der Waals surface area contributed by atoms with Crippen LogP contribution in [0.1, 0.15) is 77.6 Å². The molecule has 0 aromatic carbocycles. The van der Waals surface area contributed by atoms with Gasteiger partial charge in [0, 0.05) is 12.1 Å². The number of ether oxygens (including phenoxy) is 1. The maximum Gasteiger partial charge on any atom is 0.0685 e. The number of hydrogen-bond donors (Lipinski definition) is 1. The van der Waals surface area contributed by atoms with E-state index in [2.05, 4.69) is 6.92 Å². The summed E-state index contributed by atoms with van der Waals surface area (Å²) in [6.45, 7) is 3.34. The largest absolute Gasteiger partial charge is 0.375 e. The molecule has 0 radical (unpaired) electrons. The molecular weight excluding hydrogens is 234 g/mol. The van der Waals surface area contributed by atoms with Crippen molar-refractivity contribution in [1.29, 1.82) is 0 Å². The highest BCUT2D eigenvalue weighted by molar-refractivity contribution is 5.01. The lowest BCUT2D eigenvalue weighted by Crippen LogP contribution is -2.55. The van der Waals surface area contributed by atoms with Crippen LogP contribution in [-0.2, 0) is 4.74 Å². The summed E-state index contributed by atoms with van der Waals surface area (Å²) in [6, 6.07) is 0. The molecule has 2 N–H and O–H groups in total. The fraction of sp³-hybridized carbons (Fsp3) is 1.00. The van der Waals surface area contributed by atoms with E-state index in [0.717, 1.165) is 12.5 Å². The standard InChI is InChI=1S/C17H31NO/c1-14-6-5-10-17(18,12-14)15-7-11-19-16(13-15)8-3-2-4-9-16/h14-15H,2-13,18H2,1H3. The molecule has 1 heterocycles. The van der Waals surface area contributed by atoms with Crippen LogP contribution in [0, 0.1) is 11.8 Å². The normalized spacial score (nSPS) is 43.3. The quantitative estimate of drug-likeness (QED) is 0.777. The average molecular weight is 265 g/mol. The molecule has 3 atom stereocenters. The Bertz CT molecular complexity index is 305. The molecule has 3 aliphatic rings. The van der Waals surface area contributed by atoms with Gasteiger partial charge in [0.15, 0.2) is 0 Å². The molecule has 1 aliphatic heterocycles. The molecular formula is C17H31NO. The van der Waals surface area contributed by atoms with Gasteiger partial charge >= 0.3 is 0 Å². The third-order valence-corrected chi connectivity index (χ3v) is 6.14. The predicted octanol–water partition coefficient (Wildman–Crippen LogP) is 4.02. The summed E-state index contributed by atoms with van der Waals surface area (Å²) >= 11 is 0. The summed E-state index contributed by atoms with van der Waals surface area (Å²) in [5.74, 6) is 1.53. The summed E-state index contributed by atoms with van der Waals surface area (Å²) < 4.78 is 6.24. The molecule has 0 bridgehead atoms. The van der Waals surface area contributed by atoms with Crippen LogP contribution < -0.4 is 5.73 Å². The van der Waals surface area contributed by atoms with Gasteiger partial charge < -0.3 is 10.5 Å². The van der Waals surface area contributed by atoms with Gasteiger partial charge in [0.2, 0.25) is 0 Å². The van der Waals surface area contributed by atoms with Crippen molar-refractivity contribution >= 4 is 0 Å².